The first-order chi connectivity index (χ1) is 15.1. The van der Waals surface area contributed by atoms with Crippen LogP contribution in [0, 0.1) is 12.7 Å². The van der Waals surface area contributed by atoms with E-state index in [2.05, 4.69) is 4.98 Å². The zero-order valence-electron chi connectivity index (χ0n) is 16.8. The van der Waals surface area contributed by atoms with Gasteiger partial charge in [0, 0.05) is 12.7 Å². The van der Waals surface area contributed by atoms with E-state index >= 15 is 0 Å². The number of amides is 1. The molecule has 3 heterocycles. The number of aliphatic carboxylic acids is 1. The molecular formula is C20H20F4N2O6. The predicted octanol–water partition coefficient (Wildman–Crippen LogP) is 3.21. The highest BCUT2D eigenvalue weighted by atomic mass is 19.4. The first-order valence-corrected chi connectivity index (χ1v) is 9.63. The number of carboxylic acids is 1. The van der Waals surface area contributed by atoms with Gasteiger partial charge in [0.2, 0.25) is 0 Å². The van der Waals surface area contributed by atoms with Gasteiger partial charge in [0.25, 0.3) is 11.8 Å². The average Bonchev–Trinajstić information content (AvgIpc) is 3.26. The molecule has 1 saturated heterocycles. The fraction of sp³-hybridized carbons (Fsp3) is 0.450. The maximum Gasteiger partial charge on any atom is 0.490 e. The quantitative estimate of drug-likeness (QED) is 0.702. The number of ether oxygens (including phenoxy) is 2. The number of aryl methyl sites for hydroxylation is 1. The molecule has 8 nitrogen and oxygen atoms in total. The lowest BCUT2D eigenvalue weighted by atomic mass is 10.1. The van der Waals surface area contributed by atoms with Crippen molar-refractivity contribution < 1.29 is 46.1 Å². The Morgan fingerprint density at radius 2 is 2.00 bits per heavy atom. The summed E-state index contributed by atoms with van der Waals surface area (Å²) >= 11 is 0. The van der Waals surface area contributed by atoms with Crippen molar-refractivity contribution in [2.75, 3.05) is 13.2 Å². The maximum absolute atomic E-state index is 13.9. The third-order valence-corrected chi connectivity index (χ3v) is 5.12. The molecule has 1 saturated carbocycles. The third kappa shape index (κ3) is 5.18. The van der Waals surface area contributed by atoms with Crippen molar-refractivity contribution in [2.45, 2.75) is 44.2 Å². The lowest BCUT2D eigenvalue weighted by Gasteiger charge is -2.31. The van der Waals surface area contributed by atoms with Crippen LogP contribution in [0.2, 0.25) is 0 Å². The summed E-state index contributed by atoms with van der Waals surface area (Å²) in [6.07, 6.45) is -1.20. The van der Waals surface area contributed by atoms with Crippen molar-refractivity contribution >= 4 is 11.9 Å². The molecule has 2 bridgehead atoms. The van der Waals surface area contributed by atoms with Crippen molar-refractivity contribution in [3.63, 3.8) is 0 Å². The second-order valence-corrected chi connectivity index (χ2v) is 7.12. The van der Waals surface area contributed by atoms with Crippen molar-refractivity contribution in [2.24, 2.45) is 0 Å². The van der Waals surface area contributed by atoms with Gasteiger partial charge in [-0.3, -0.25) is 4.79 Å². The molecule has 0 spiro atoms. The Labute approximate surface area is 179 Å². The SMILES string of the molecule is Cc1occc1C(=O)N1CCOC2CCC1C2Oc1ncccc1F.O=C(O)C(F)(F)F. The summed E-state index contributed by atoms with van der Waals surface area (Å²) in [5, 5.41) is 7.12. The Bertz CT molecular complexity index is 964. The summed E-state index contributed by atoms with van der Waals surface area (Å²) in [5.41, 5.74) is 0.535. The van der Waals surface area contributed by atoms with Gasteiger partial charge in [0.1, 0.15) is 11.9 Å². The van der Waals surface area contributed by atoms with E-state index in [0.29, 0.717) is 24.5 Å². The molecule has 2 fully saturated rings. The van der Waals surface area contributed by atoms with E-state index < -0.39 is 24.1 Å². The van der Waals surface area contributed by atoms with Gasteiger partial charge in [-0.2, -0.15) is 13.2 Å². The van der Waals surface area contributed by atoms with Crippen LogP contribution in [-0.2, 0) is 9.53 Å². The number of carboxylic acid groups (broad SMARTS) is 1. The molecule has 0 radical (unpaired) electrons. The lowest BCUT2D eigenvalue weighted by molar-refractivity contribution is -0.192. The van der Waals surface area contributed by atoms with Crippen LogP contribution in [0.25, 0.3) is 0 Å². The number of aromatic nitrogens is 1. The van der Waals surface area contributed by atoms with Gasteiger partial charge in [0.15, 0.2) is 5.82 Å². The minimum Gasteiger partial charge on any atom is -0.475 e. The Morgan fingerprint density at radius 1 is 1.28 bits per heavy atom. The molecule has 1 aliphatic carbocycles. The molecule has 4 rings (SSSR count). The zero-order valence-corrected chi connectivity index (χ0v) is 16.8. The van der Waals surface area contributed by atoms with E-state index in [-0.39, 0.29) is 23.9 Å². The number of alkyl halides is 3. The van der Waals surface area contributed by atoms with E-state index in [1.807, 2.05) is 0 Å². The van der Waals surface area contributed by atoms with Crippen molar-refractivity contribution in [3.8, 4) is 5.88 Å². The molecule has 0 aromatic carbocycles. The van der Waals surface area contributed by atoms with Crippen LogP contribution in [-0.4, -0.2) is 64.4 Å². The molecule has 3 unspecified atom stereocenters. The fourth-order valence-electron chi connectivity index (χ4n) is 3.65. The van der Waals surface area contributed by atoms with E-state index in [4.69, 9.17) is 23.8 Å². The highest BCUT2D eigenvalue weighted by molar-refractivity contribution is 5.95. The van der Waals surface area contributed by atoms with Crippen LogP contribution < -0.4 is 4.74 Å². The van der Waals surface area contributed by atoms with Crippen LogP contribution in [0.4, 0.5) is 17.6 Å². The standard InChI is InChI=1S/C18H19FN2O4.C2HF3O2/c1-11-12(6-9-23-11)18(22)21-8-10-24-15-5-4-14(21)16(15)25-17-13(19)3-2-7-20-17;3-2(4,5)1(6)7/h2-3,6-7,9,14-16H,4-5,8,10H2,1H3;(H,6,7). The molecule has 2 aromatic heterocycles. The van der Waals surface area contributed by atoms with Gasteiger partial charge >= 0.3 is 12.1 Å². The fourth-order valence-corrected chi connectivity index (χ4v) is 3.65. The first kappa shape index (κ1) is 23.5. The number of rotatable bonds is 3. The van der Waals surface area contributed by atoms with Gasteiger partial charge in [-0.1, -0.05) is 0 Å². The third-order valence-electron chi connectivity index (χ3n) is 5.12. The second kappa shape index (κ2) is 9.55. The molecule has 174 valence electrons. The smallest absolute Gasteiger partial charge is 0.475 e. The van der Waals surface area contributed by atoms with Gasteiger partial charge in [-0.15, -0.1) is 0 Å². The van der Waals surface area contributed by atoms with E-state index in [1.165, 1.54) is 24.6 Å². The molecule has 1 aliphatic heterocycles. The van der Waals surface area contributed by atoms with Crippen LogP contribution in [0.3, 0.4) is 0 Å². The van der Waals surface area contributed by atoms with Gasteiger partial charge in [-0.25, -0.2) is 14.2 Å². The number of halogens is 4. The van der Waals surface area contributed by atoms with Crippen LogP contribution in [0.5, 0.6) is 5.88 Å². The number of carbonyl (C=O) groups is 2. The minimum atomic E-state index is -5.08. The number of hydrogen-bond acceptors (Lipinski definition) is 6. The summed E-state index contributed by atoms with van der Waals surface area (Å²) in [4.78, 5) is 27.6. The molecule has 32 heavy (non-hydrogen) atoms. The Balaban J connectivity index is 0.000000360. The van der Waals surface area contributed by atoms with Gasteiger partial charge in [-0.05, 0) is 38.0 Å². The molecule has 2 aromatic rings. The van der Waals surface area contributed by atoms with Crippen LogP contribution in [0.1, 0.15) is 29.0 Å². The Morgan fingerprint density at radius 3 is 2.59 bits per heavy atom. The lowest BCUT2D eigenvalue weighted by Crippen LogP contribution is -2.47. The molecule has 1 amide bonds. The first-order valence-electron chi connectivity index (χ1n) is 9.63. The molecule has 3 atom stereocenters. The zero-order chi connectivity index (χ0) is 23.5. The van der Waals surface area contributed by atoms with Crippen LogP contribution in [0.15, 0.2) is 35.1 Å². The van der Waals surface area contributed by atoms with Gasteiger partial charge in [0.05, 0.1) is 30.6 Å². The van der Waals surface area contributed by atoms with E-state index in [1.54, 1.807) is 17.9 Å². The van der Waals surface area contributed by atoms with Gasteiger partial charge < -0.3 is 23.9 Å². The predicted molar refractivity (Wildman–Crippen MR) is 99.5 cm³/mol. The largest absolute Gasteiger partial charge is 0.490 e. The average molecular weight is 460 g/mol. The molecule has 2 aliphatic rings. The van der Waals surface area contributed by atoms with E-state index in [0.717, 1.165) is 12.8 Å². The molecular weight excluding hydrogens is 440 g/mol. The summed E-state index contributed by atoms with van der Waals surface area (Å²) in [5.74, 6) is -2.86. The summed E-state index contributed by atoms with van der Waals surface area (Å²) in [6.45, 7) is 2.65. The highest BCUT2D eigenvalue weighted by Crippen LogP contribution is 2.34. The summed E-state index contributed by atoms with van der Waals surface area (Å²) in [6, 6.07) is 4.30. The summed E-state index contributed by atoms with van der Waals surface area (Å²) < 4.78 is 62.6. The Kier molecular flexibility index (Phi) is 7.02. The maximum atomic E-state index is 13.9. The van der Waals surface area contributed by atoms with Crippen molar-refractivity contribution in [1.82, 2.24) is 9.88 Å². The normalized spacial score (nSPS) is 22.5. The second-order valence-electron chi connectivity index (χ2n) is 7.12. The number of pyridine rings is 1. The number of furan rings is 1. The number of carbonyl (C=O) groups excluding carboxylic acids is 1. The Hall–Kier alpha value is -3.15. The topological polar surface area (TPSA) is 102 Å². The number of fused-ring (bicyclic) bond motifs is 2. The summed E-state index contributed by atoms with van der Waals surface area (Å²) in [7, 11) is 0. The molecule has 1 N–H and O–H groups in total. The van der Waals surface area contributed by atoms with E-state index in [9.17, 15) is 22.4 Å². The monoisotopic (exact) mass is 460 g/mol. The number of hydrogen-bond donors (Lipinski definition) is 1. The highest BCUT2D eigenvalue weighted by Gasteiger charge is 2.46. The van der Waals surface area contributed by atoms with Crippen molar-refractivity contribution in [1.29, 1.82) is 0 Å². The number of nitrogens with zero attached hydrogens (tertiary/aromatic N) is 2. The van der Waals surface area contributed by atoms with Crippen molar-refractivity contribution in [3.05, 3.63) is 47.8 Å². The van der Waals surface area contributed by atoms with Crippen LogP contribution >= 0.6 is 0 Å². The molecule has 12 heteroatoms. The minimum absolute atomic E-state index is 0.0539.